The van der Waals surface area contributed by atoms with E-state index in [9.17, 15) is 9.59 Å². The van der Waals surface area contributed by atoms with Gasteiger partial charge in [-0.15, -0.1) is 11.8 Å². The molecule has 0 bridgehead atoms. The Balaban J connectivity index is 1.86. The van der Waals surface area contributed by atoms with E-state index in [-0.39, 0.29) is 11.9 Å². The van der Waals surface area contributed by atoms with Gasteiger partial charge in [0.25, 0.3) is 0 Å². The summed E-state index contributed by atoms with van der Waals surface area (Å²) in [5.74, 6) is 0.110. The van der Waals surface area contributed by atoms with Crippen molar-refractivity contribution in [2.45, 2.75) is 44.5 Å². The molecule has 1 atom stereocenters. The molecule has 1 aliphatic rings. The Morgan fingerprint density at radius 1 is 1.43 bits per heavy atom. The predicted octanol–water partition coefficient (Wildman–Crippen LogP) is 2.69. The topological polar surface area (TPSA) is 57.6 Å². The van der Waals surface area contributed by atoms with E-state index in [0.717, 1.165) is 18.6 Å². The van der Waals surface area contributed by atoms with Crippen molar-refractivity contribution in [1.29, 1.82) is 0 Å². The molecule has 2 rings (SSSR count). The number of carboxylic acid groups (broad SMARTS) is 1. The summed E-state index contributed by atoms with van der Waals surface area (Å²) >= 11 is 1.54. The number of benzene rings is 1. The van der Waals surface area contributed by atoms with Gasteiger partial charge in [0.15, 0.2) is 0 Å². The number of aryl methyl sites for hydroxylation is 1. The molecule has 21 heavy (non-hydrogen) atoms. The van der Waals surface area contributed by atoms with Gasteiger partial charge in [0.1, 0.15) is 6.04 Å². The lowest BCUT2D eigenvalue weighted by Crippen LogP contribution is -2.45. The van der Waals surface area contributed by atoms with Crippen LogP contribution in [0.2, 0.25) is 0 Å². The summed E-state index contributed by atoms with van der Waals surface area (Å²) in [6, 6.07) is 7.60. The average Bonchev–Trinajstić information content (AvgIpc) is 3.23. The summed E-state index contributed by atoms with van der Waals surface area (Å²) in [5, 5.41) is 9.11. The van der Waals surface area contributed by atoms with Crippen LogP contribution < -0.4 is 0 Å². The fraction of sp³-hybridized carbons (Fsp3) is 0.500. The number of carbonyl (C=O) groups excluding carboxylic acids is 1. The van der Waals surface area contributed by atoms with Crippen molar-refractivity contribution in [2.24, 2.45) is 0 Å². The Kier molecular flexibility index (Phi) is 5.28. The van der Waals surface area contributed by atoms with Gasteiger partial charge in [-0.05, 0) is 32.3 Å². The minimum absolute atomic E-state index is 0.0648. The molecule has 1 aromatic rings. The minimum Gasteiger partial charge on any atom is -0.480 e. The molecule has 1 unspecified atom stereocenters. The van der Waals surface area contributed by atoms with Crippen molar-refractivity contribution < 1.29 is 14.7 Å². The number of thioether (sulfide) groups is 1. The second kappa shape index (κ2) is 6.98. The van der Waals surface area contributed by atoms with E-state index in [1.54, 1.807) is 23.6 Å². The van der Waals surface area contributed by atoms with E-state index in [4.69, 9.17) is 5.11 Å². The maximum Gasteiger partial charge on any atom is 0.326 e. The first-order valence-electron chi connectivity index (χ1n) is 7.16. The third-order valence-corrected chi connectivity index (χ3v) is 4.57. The number of hydrogen-bond donors (Lipinski definition) is 1. The first-order valence-corrected chi connectivity index (χ1v) is 8.31. The Hall–Kier alpha value is -1.49. The minimum atomic E-state index is -0.932. The highest BCUT2D eigenvalue weighted by Gasteiger charge is 2.37. The fourth-order valence-electron chi connectivity index (χ4n) is 2.34. The molecule has 1 N–H and O–H groups in total. The highest BCUT2D eigenvalue weighted by Crippen LogP contribution is 2.29. The lowest BCUT2D eigenvalue weighted by atomic mass is 10.2. The van der Waals surface area contributed by atoms with E-state index < -0.39 is 12.0 Å². The van der Waals surface area contributed by atoms with Crippen molar-refractivity contribution in [3.63, 3.8) is 0 Å². The molecule has 0 aliphatic heterocycles. The van der Waals surface area contributed by atoms with Gasteiger partial charge < -0.3 is 10.0 Å². The number of rotatable bonds is 7. The van der Waals surface area contributed by atoms with Gasteiger partial charge in [0.05, 0.1) is 5.75 Å². The van der Waals surface area contributed by atoms with Crippen LogP contribution in [0.1, 0.15) is 30.9 Å². The molecule has 1 saturated carbocycles. The van der Waals surface area contributed by atoms with E-state index in [2.05, 4.69) is 6.07 Å². The molecular formula is C16H21NO3S. The van der Waals surface area contributed by atoms with Crippen molar-refractivity contribution in [3.05, 3.63) is 35.4 Å². The first-order chi connectivity index (χ1) is 9.99. The highest BCUT2D eigenvalue weighted by molar-refractivity contribution is 7.99. The van der Waals surface area contributed by atoms with Gasteiger partial charge >= 0.3 is 5.97 Å². The Bertz CT molecular complexity index is 528. The number of amides is 1. The maximum absolute atomic E-state index is 12.3. The zero-order valence-corrected chi connectivity index (χ0v) is 13.2. The van der Waals surface area contributed by atoms with Crippen LogP contribution >= 0.6 is 11.8 Å². The van der Waals surface area contributed by atoms with Crippen LogP contribution in [0, 0.1) is 6.92 Å². The third kappa shape index (κ3) is 4.49. The summed E-state index contributed by atoms with van der Waals surface area (Å²) in [6.45, 7) is 3.63. The standard InChI is InChI=1S/C16H21NO3S/c1-11-4-3-5-13(8-11)9-21-10-15(18)17(14-6-7-14)12(2)16(19)20/h3-5,8,12,14H,6-7,9-10H2,1-2H3,(H,19,20). The molecule has 0 saturated heterocycles. The monoisotopic (exact) mass is 307 g/mol. The zero-order chi connectivity index (χ0) is 15.4. The predicted molar refractivity (Wildman–Crippen MR) is 84.3 cm³/mol. The molecule has 114 valence electrons. The van der Waals surface area contributed by atoms with Crippen LogP contribution in [0.3, 0.4) is 0 Å². The van der Waals surface area contributed by atoms with Gasteiger partial charge in [-0.25, -0.2) is 4.79 Å². The summed E-state index contributed by atoms with van der Waals surface area (Å²) in [6.07, 6.45) is 1.85. The third-order valence-electron chi connectivity index (χ3n) is 3.58. The summed E-state index contributed by atoms with van der Waals surface area (Å²) in [7, 11) is 0. The molecule has 1 aromatic carbocycles. The van der Waals surface area contributed by atoms with E-state index in [0.29, 0.717) is 5.75 Å². The lowest BCUT2D eigenvalue weighted by molar-refractivity contribution is -0.148. The van der Waals surface area contributed by atoms with Crippen molar-refractivity contribution in [1.82, 2.24) is 4.90 Å². The first kappa shape index (κ1) is 15.9. The van der Waals surface area contributed by atoms with Gasteiger partial charge in [-0.3, -0.25) is 4.79 Å². The highest BCUT2D eigenvalue weighted by atomic mass is 32.2. The molecule has 1 amide bonds. The number of aliphatic carboxylic acids is 1. The molecule has 1 fully saturated rings. The maximum atomic E-state index is 12.3. The van der Waals surface area contributed by atoms with Crippen LogP contribution in [0.15, 0.2) is 24.3 Å². The Morgan fingerprint density at radius 2 is 2.14 bits per heavy atom. The van der Waals surface area contributed by atoms with Gasteiger partial charge in [-0.1, -0.05) is 29.8 Å². The number of hydrogen-bond acceptors (Lipinski definition) is 3. The van der Waals surface area contributed by atoms with Crippen LogP contribution in [0.4, 0.5) is 0 Å². The zero-order valence-electron chi connectivity index (χ0n) is 12.4. The number of carbonyl (C=O) groups is 2. The van der Waals surface area contributed by atoms with E-state index >= 15 is 0 Å². The molecule has 0 spiro atoms. The molecule has 0 heterocycles. The van der Waals surface area contributed by atoms with Crippen molar-refractivity contribution >= 4 is 23.6 Å². The van der Waals surface area contributed by atoms with Gasteiger partial charge in [0.2, 0.25) is 5.91 Å². The molecule has 1 aliphatic carbocycles. The average molecular weight is 307 g/mol. The Labute approximate surface area is 129 Å². The summed E-state index contributed by atoms with van der Waals surface area (Å²) in [4.78, 5) is 24.9. The number of carboxylic acids is 1. The van der Waals surface area contributed by atoms with Gasteiger partial charge in [0, 0.05) is 11.8 Å². The van der Waals surface area contributed by atoms with E-state index in [1.807, 2.05) is 25.1 Å². The normalized spacial score (nSPS) is 15.5. The lowest BCUT2D eigenvalue weighted by Gasteiger charge is -2.26. The van der Waals surface area contributed by atoms with Crippen LogP contribution in [-0.4, -0.2) is 39.7 Å². The van der Waals surface area contributed by atoms with Crippen LogP contribution in [0.25, 0.3) is 0 Å². The van der Waals surface area contributed by atoms with Crippen LogP contribution in [-0.2, 0) is 15.3 Å². The molecular weight excluding hydrogens is 286 g/mol. The summed E-state index contributed by atoms with van der Waals surface area (Å²) in [5.41, 5.74) is 2.40. The Morgan fingerprint density at radius 3 is 2.71 bits per heavy atom. The molecule has 0 radical (unpaired) electrons. The molecule has 5 heteroatoms. The molecule has 0 aromatic heterocycles. The quantitative estimate of drug-likeness (QED) is 0.841. The van der Waals surface area contributed by atoms with Crippen molar-refractivity contribution in [3.8, 4) is 0 Å². The van der Waals surface area contributed by atoms with E-state index in [1.165, 1.54) is 11.1 Å². The second-order valence-electron chi connectivity index (χ2n) is 5.53. The smallest absolute Gasteiger partial charge is 0.326 e. The molecule has 4 nitrogen and oxygen atoms in total. The van der Waals surface area contributed by atoms with Gasteiger partial charge in [-0.2, -0.15) is 0 Å². The summed E-state index contributed by atoms with van der Waals surface area (Å²) < 4.78 is 0. The second-order valence-corrected chi connectivity index (χ2v) is 6.51. The fourth-order valence-corrected chi connectivity index (χ4v) is 3.18. The number of nitrogens with zero attached hydrogens (tertiary/aromatic N) is 1. The van der Waals surface area contributed by atoms with Crippen LogP contribution in [0.5, 0.6) is 0 Å². The SMILES string of the molecule is Cc1cccc(CSCC(=O)N(C2CC2)C(C)C(=O)O)c1. The van der Waals surface area contributed by atoms with Crippen molar-refractivity contribution in [2.75, 3.05) is 5.75 Å². The largest absolute Gasteiger partial charge is 0.480 e.